The lowest BCUT2D eigenvalue weighted by molar-refractivity contribution is 0.0511. The van der Waals surface area contributed by atoms with Crippen molar-refractivity contribution in [1.29, 1.82) is 0 Å². The standard InChI is InChI=1S/C25H25N3O7/c1-4-33-22(31)18-19(35-21(30)17-13-9-6-10-14-17)20(29)27-23(26-18)25(2,3)28-24(32)34-15-16-11-7-5-8-12-16/h5-14H,4,15H2,1-3H3,(H,28,32)(H,26,27,29). The van der Waals surface area contributed by atoms with Gasteiger partial charge in [-0.15, -0.1) is 0 Å². The summed E-state index contributed by atoms with van der Waals surface area (Å²) in [6.45, 7) is 4.73. The van der Waals surface area contributed by atoms with Gasteiger partial charge in [0.2, 0.25) is 5.75 Å². The molecular weight excluding hydrogens is 454 g/mol. The Labute approximate surface area is 201 Å². The second kappa shape index (κ2) is 11.1. The lowest BCUT2D eigenvalue weighted by Gasteiger charge is -2.25. The Balaban J connectivity index is 1.86. The van der Waals surface area contributed by atoms with E-state index in [1.54, 1.807) is 51.1 Å². The van der Waals surface area contributed by atoms with E-state index in [2.05, 4.69) is 15.3 Å². The van der Waals surface area contributed by atoms with Gasteiger partial charge in [-0.3, -0.25) is 4.79 Å². The second-order valence-corrected chi connectivity index (χ2v) is 7.88. The zero-order chi connectivity index (χ0) is 25.4. The number of esters is 2. The molecule has 3 rings (SSSR count). The first kappa shape index (κ1) is 25.2. The number of carbonyl (C=O) groups is 3. The van der Waals surface area contributed by atoms with Crippen molar-refractivity contribution in [3.05, 3.63) is 93.7 Å². The molecule has 35 heavy (non-hydrogen) atoms. The topological polar surface area (TPSA) is 137 Å². The minimum atomic E-state index is -1.27. The van der Waals surface area contributed by atoms with Gasteiger partial charge >= 0.3 is 18.0 Å². The number of benzene rings is 2. The molecule has 0 saturated carbocycles. The zero-order valence-electron chi connectivity index (χ0n) is 19.5. The van der Waals surface area contributed by atoms with Gasteiger partial charge in [-0.05, 0) is 38.5 Å². The summed E-state index contributed by atoms with van der Waals surface area (Å²) in [4.78, 5) is 56.9. The lowest BCUT2D eigenvalue weighted by atomic mass is 10.0. The molecule has 182 valence electrons. The molecule has 10 heteroatoms. The molecule has 1 amide bonds. The fourth-order valence-electron chi connectivity index (χ4n) is 2.99. The van der Waals surface area contributed by atoms with Crippen LogP contribution in [0.5, 0.6) is 5.75 Å². The normalized spacial score (nSPS) is 10.8. The van der Waals surface area contributed by atoms with E-state index in [1.165, 1.54) is 12.1 Å². The number of ether oxygens (including phenoxy) is 3. The molecule has 3 aromatic rings. The van der Waals surface area contributed by atoms with Crippen LogP contribution in [0.1, 0.15) is 53.0 Å². The predicted molar refractivity (Wildman–Crippen MR) is 125 cm³/mol. The fourth-order valence-corrected chi connectivity index (χ4v) is 2.99. The molecule has 0 unspecified atom stereocenters. The summed E-state index contributed by atoms with van der Waals surface area (Å²) in [5.74, 6) is -2.48. The molecule has 0 fully saturated rings. The molecule has 0 saturated heterocycles. The summed E-state index contributed by atoms with van der Waals surface area (Å²) in [6.07, 6.45) is -0.765. The molecule has 0 spiro atoms. The predicted octanol–water partition coefficient (Wildman–Crippen LogP) is 3.33. The summed E-state index contributed by atoms with van der Waals surface area (Å²) >= 11 is 0. The summed E-state index contributed by atoms with van der Waals surface area (Å²) in [5, 5.41) is 2.60. The van der Waals surface area contributed by atoms with Crippen molar-refractivity contribution < 1.29 is 28.6 Å². The minimum absolute atomic E-state index is 0.00215. The molecule has 10 nitrogen and oxygen atoms in total. The second-order valence-electron chi connectivity index (χ2n) is 7.88. The molecular formula is C25H25N3O7. The van der Waals surface area contributed by atoms with Crippen molar-refractivity contribution in [2.24, 2.45) is 0 Å². The number of carbonyl (C=O) groups excluding carboxylic acids is 3. The molecule has 0 aliphatic rings. The van der Waals surface area contributed by atoms with E-state index in [-0.39, 0.29) is 24.6 Å². The van der Waals surface area contributed by atoms with E-state index in [4.69, 9.17) is 14.2 Å². The van der Waals surface area contributed by atoms with Gasteiger partial charge in [0, 0.05) is 0 Å². The largest absolute Gasteiger partial charge is 0.461 e. The number of nitrogens with one attached hydrogen (secondary N) is 2. The Morgan fingerprint density at radius 2 is 1.57 bits per heavy atom. The summed E-state index contributed by atoms with van der Waals surface area (Å²) < 4.78 is 15.4. The molecule has 0 bridgehead atoms. The highest BCUT2D eigenvalue weighted by atomic mass is 16.6. The third-order valence-electron chi connectivity index (χ3n) is 4.77. The van der Waals surface area contributed by atoms with Crippen LogP contribution in [0.2, 0.25) is 0 Å². The Morgan fingerprint density at radius 1 is 0.943 bits per heavy atom. The average Bonchev–Trinajstić information content (AvgIpc) is 2.84. The van der Waals surface area contributed by atoms with Crippen molar-refractivity contribution >= 4 is 18.0 Å². The van der Waals surface area contributed by atoms with E-state index in [1.807, 2.05) is 18.2 Å². The van der Waals surface area contributed by atoms with Gasteiger partial charge in [0.05, 0.1) is 17.7 Å². The number of aromatic nitrogens is 2. The molecule has 2 aromatic carbocycles. The summed E-state index contributed by atoms with van der Waals surface area (Å²) in [6, 6.07) is 17.0. The molecule has 2 N–H and O–H groups in total. The van der Waals surface area contributed by atoms with Crippen LogP contribution in [-0.4, -0.2) is 34.6 Å². The average molecular weight is 479 g/mol. The van der Waals surface area contributed by atoms with Crippen molar-refractivity contribution in [2.45, 2.75) is 32.9 Å². The number of nitrogens with zero attached hydrogens (tertiary/aromatic N) is 1. The Kier molecular flexibility index (Phi) is 7.98. The van der Waals surface area contributed by atoms with Crippen LogP contribution >= 0.6 is 0 Å². The van der Waals surface area contributed by atoms with E-state index in [0.29, 0.717) is 0 Å². The molecule has 0 aliphatic carbocycles. The van der Waals surface area contributed by atoms with Gasteiger partial charge in [0.15, 0.2) is 5.69 Å². The van der Waals surface area contributed by atoms with Gasteiger partial charge in [-0.2, -0.15) is 0 Å². The van der Waals surface area contributed by atoms with Crippen molar-refractivity contribution in [3.63, 3.8) is 0 Å². The molecule has 1 aromatic heterocycles. The number of alkyl carbamates (subject to hydrolysis) is 1. The van der Waals surface area contributed by atoms with Crippen LogP contribution in [0.15, 0.2) is 65.5 Å². The highest BCUT2D eigenvalue weighted by molar-refractivity contribution is 5.94. The maximum atomic E-state index is 12.9. The third kappa shape index (κ3) is 6.53. The molecule has 0 radical (unpaired) electrons. The Morgan fingerprint density at radius 3 is 2.20 bits per heavy atom. The van der Waals surface area contributed by atoms with Crippen LogP contribution in [-0.2, 0) is 21.6 Å². The van der Waals surface area contributed by atoms with Gasteiger partial charge < -0.3 is 24.5 Å². The van der Waals surface area contributed by atoms with E-state index < -0.39 is 40.6 Å². The highest BCUT2D eigenvalue weighted by Crippen LogP contribution is 2.20. The first-order valence-corrected chi connectivity index (χ1v) is 10.8. The van der Waals surface area contributed by atoms with Crippen molar-refractivity contribution in [2.75, 3.05) is 6.61 Å². The Hall–Kier alpha value is -4.47. The zero-order valence-corrected chi connectivity index (χ0v) is 19.5. The summed E-state index contributed by atoms with van der Waals surface area (Å²) in [5.41, 5.74) is -1.69. The molecule has 0 aliphatic heterocycles. The number of hydrogen-bond donors (Lipinski definition) is 2. The van der Waals surface area contributed by atoms with Gasteiger partial charge in [-0.25, -0.2) is 19.4 Å². The number of hydrogen-bond acceptors (Lipinski definition) is 8. The van der Waals surface area contributed by atoms with E-state index in [0.717, 1.165) is 5.56 Å². The number of rotatable bonds is 8. The SMILES string of the molecule is CCOC(=O)c1nc(C(C)(C)NC(=O)OCc2ccccc2)[nH]c(=O)c1OC(=O)c1ccccc1. The maximum absolute atomic E-state index is 12.9. The van der Waals surface area contributed by atoms with Gasteiger partial charge in [0.25, 0.3) is 5.56 Å². The van der Waals surface area contributed by atoms with E-state index >= 15 is 0 Å². The fraction of sp³-hybridized carbons (Fsp3) is 0.240. The smallest absolute Gasteiger partial charge is 0.408 e. The molecule has 0 atom stereocenters. The molecule has 1 heterocycles. The van der Waals surface area contributed by atoms with Crippen LogP contribution in [0.3, 0.4) is 0 Å². The number of amides is 1. The number of aromatic amines is 1. The van der Waals surface area contributed by atoms with Crippen LogP contribution < -0.4 is 15.6 Å². The minimum Gasteiger partial charge on any atom is -0.461 e. The number of H-pyrrole nitrogens is 1. The monoisotopic (exact) mass is 479 g/mol. The van der Waals surface area contributed by atoms with Crippen LogP contribution in [0.4, 0.5) is 4.79 Å². The first-order valence-electron chi connectivity index (χ1n) is 10.8. The maximum Gasteiger partial charge on any atom is 0.408 e. The van der Waals surface area contributed by atoms with Gasteiger partial charge in [-0.1, -0.05) is 48.5 Å². The summed E-state index contributed by atoms with van der Waals surface area (Å²) in [7, 11) is 0. The quantitative estimate of drug-likeness (QED) is 0.470. The van der Waals surface area contributed by atoms with Gasteiger partial charge in [0.1, 0.15) is 12.4 Å². The van der Waals surface area contributed by atoms with Crippen molar-refractivity contribution in [1.82, 2.24) is 15.3 Å². The van der Waals surface area contributed by atoms with Crippen LogP contribution in [0.25, 0.3) is 0 Å². The Bertz CT molecular complexity index is 1260. The highest BCUT2D eigenvalue weighted by Gasteiger charge is 2.31. The van der Waals surface area contributed by atoms with Crippen LogP contribution in [0, 0.1) is 0 Å². The van der Waals surface area contributed by atoms with E-state index in [9.17, 15) is 19.2 Å². The lowest BCUT2D eigenvalue weighted by Crippen LogP contribution is -2.44. The van der Waals surface area contributed by atoms with Crippen molar-refractivity contribution in [3.8, 4) is 5.75 Å². The first-order chi connectivity index (χ1) is 16.7. The third-order valence-corrected chi connectivity index (χ3v) is 4.77.